The molecular formula is C11H15ClF3N3. The number of nitrogens with one attached hydrogen (secondary N) is 1. The van der Waals surface area contributed by atoms with Crippen LogP contribution in [0.4, 0.5) is 19.0 Å². The summed E-state index contributed by atoms with van der Waals surface area (Å²) in [4.78, 5) is 7.79. The van der Waals surface area contributed by atoms with Gasteiger partial charge in [0.2, 0.25) is 0 Å². The lowest BCUT2D eigenvalue weighted by Gasteiger charge is -2.18. The molecule has 1 atom stereocenters. The van der Waals surface area contributed by atoms with E-state index in [1.54, 1.807) is 0 Å². The quantitative estimate of drug-likeness (QED) is 0.834. The minimum absolute atomic E-state index is 0.286. The van der Waals surface area contributed by atoms with E-state index in [9.17, 15) is 13.2 Å². The average Bonchev–Trinajstić information content (AvgIpc) is 2.20. The zero-order valence-electron chi connectivity index (χ0n) is 10.2. The Morgan fingerprint density at radius 1 is 1.39 bits per heavy atom. The van der Waals surface area contributed by atoms with Crippen LogP contribution in [0.15, 0.2) is 6.33 Å². The van der Waals surface area contributed by atoms with Crippen LogP contribution < -0.4 is 5.32 Å². The van der Waals surface area contributed by atoms with E-state index in [0.29, 0.717) is 17.8 Å². The first-order valence-electron chi connectivity index (χ1n) is 5.66. The molecule has 3 nitrogen and oxygen atoms in total. The molecule has 0 aromatic carbocycles. The van der Waals surface area contributed by atoms with Gasteiger partial charge in [-0.3, -0.25) is 0 Å². The van der Waals surface area contributed by atoms with Crippen LogP contribution in [-0.2, 0) is 6.42 Å². The molecule has 0 bridgehead atoms. The normalized spacial score (nSPS) is 13.4. The van der Waals surface area contributed by atoms with E-state index >= 15 is 0 Å². The number of aromatic nitrogens is 2. The minimum atomic E-state index is -4.20. The molecule has 0 aliphatic rings. The van der Waals surface area contributed by atoms with E-state index in [1.165, 1.54) is 13.3 Å². The van der Waals surface area contributed by atoms with Crippen LogP contribution in [0.25, 0.3) is 0 Å². The summed E-state index contributed by atoms with van der Waals surface area (Å²) in [5, 5.41) is 3.02. The smallest absolute Gasteiger partial charge is 0.367 e. The van der Waals surface area contributed by atoms with E-state index in [0.717, 1.165) is 6.42 Å². The summed E-state index contributed by atoms with van der Waals surface area (Å²) in [5.74, 6) is 0.383. The molecule has 0 spiro atoms. The van der Waals surface area contributed by atoms with Crippen LogP contribution in [0, 0.1) is 0 Å². The Bertz CT molecular complexity index is 396. The van der Waals surface area contributed by atoms with Gasteiger partial charge in [0, 0.05) is 11.6 Å². The summed E-state index contributed by atoms with van der Waals surface area (Å²) >= 11 is 5.91. The zero-order chi connectivity index (χ0) is 13.8. The van der Waals surface area contributed by atoms with Gasteiger partial charge in [-0.15, -0.1) is 0 Å². The second kappa shape index (κ2) is 6.22. The van der Waals surface area contributed by atoms with Crippen LogP contribution in [0.5, 0.6) is 0 Å². The Morgan fingerprint density at radius 3 is 2.61 bits per heavy atom. The van der Waals surface area contributed by atoms with Gasteiger partial charge in [-0.25, -0.2) is 9.97 Å². The van der Waals surface area contributed by atoms with Crippen molar-refractivity contribution < 1.29 is 13.2 Å². The molecular weight excluding hydrogens is 267 g/mol. The highest BCUT2D eigenvalue weighted by Crippen LogP contribution is 2.26. The predicted molar refractivity (Wildman–Crippen MR) is 64.8 cm³/mol. The number of anilines is 1. The minimum Gasteiger partial charge on any atom is -0.367 e. The molecule has 0 saturated heterocycles. The Morgan fingerprint density at radius 2 is 2.06 bits per heavy atom. The lowest BCUT2D eigenvalue weighted by molar-refractivity contribution is -0.136. The maximum atomic E-state index is 12.2. The van der Waals surface area contributed by atoms with Crippen molar-refractivity contribution in [3.63, 3.8) is 0 Å². The highest BCUT2D eigenvalue weighted by molar-refractivity contribution is 6.30. The van der Waals surface area contributed by atoms with E-state index < -0.39 is 18.6 Å². The summed E-state index contributed by atoms with van der Waals surface area (Å²) in [6.45, 7) is 3.41. The molecule has 1 heterocycles. The fraction of sp³-hybridized carbons (Fsp3) is 0.636. The molecule has 0 radical (unpaired) electrons. The van der Waals surface area contributed by atoms with Crippen molar-refractivity contribution in [2.45, 2.75) is 45.3 Å². The number of hydrogen-bond acceptors (Lipinski definition) is 3. The Kier molecular flexibility index (Phi) is 5.19. The topological polar surface area (TPSA) is 37.8 Å². The fourth-order valence-electron chi connectivity index (χ4n) is 1.62. The molecule has 1 N–H and O–H groups in total. The highest BCUT2D eigenvalue weighted by atomic mass is 35.5. The molecule has 0 amide bonds. The number of alkyl halides is 3. The van der Waals surface area contributed by atoms with E-state index in [4.69, 9.17) is 11.6 Å². The van der Waals surface area contributed by atoms with Crippen LogP contribution in [-0.4, -0.2) is 22.2 Å². The molecule has 18 heavy (non-hydrogen) atoms. The SMILES string of the molecule is CCCc1c(Cl)ncnc1NC(C)CC(F)(F)F. The van der Waals surface area contributed by atoms with Crippen LogP contribution in [0.2, 0.25) is 5.15 Å². The van der Waals surface area contributed by atoms with Crippen molar-refractivity contribution >= 4 is 17.4 Å². The van der Waals surface area contributed by atoms with Gasteiger partial charge < -0.3 is 5.32 Å². The molecule has 0 saturated carbocycles. The van der Waals surface area contributed by atoms with Gasteiger partial charge in [0.15, 0.2) is 0 Å². The largest absolute Gasteiger partial charge is 0.391 e. The van der Waals surface area contributed by atoms with E-state index in [2.05, 4.69) is 15.3 Å². The molecule has 0 aliphatic carbocycles. The van der Waals surface area contributed by atoms with Gasteiger partial charge >= 0.3 is 6.18 Å². The van der Waals surface area contributed by atoms with Crippen molar-refractivity contribution in [1.29, 1.82) is 0 Å². The Labute approximate surface area is 109 Å². The molecule has 102 valence electrons. The summed E-state index contributed by atoms with van der Waals surface area (Å²) in [6, 6.07) is -0.758. The van der Waals surface area contributed by atoms with Gasteiger partial charge in [0.05, 0.1) is 6.42 Å². The van der Waals surface area contributed by atoms with Crippen molar-refractivity contribution in [2.24, 2.45) is 0 Å². The fourth-order valence-corrected chi connectivity index (χ4v) is 1.85. The Hall–Kier alpha value is -1.04. The third-order valence-electron chi connectivity index (χ3n) is 2.31. The number of rotatable bonds is 5. The Balaban J connectivity index is 2.80. The third-order valence-corrected chi connectivity index (χ3v) is 2.64. The summed E-state index contributed by atoms with van der Waals surface area (Å²) in [6.07, 6.45) is -2.44. The van der Waals surface area contributed by atoms with Gasteiger partial charge in [-0.05, 0) is 13.3 Å². The third kappa shape index (κ3) is 4.68. The first kappa shape index (κ1) is 15.0. The highest BCUT2D eigenvalue weighted by Gasteiger charge is 2.30. The molecule has 1 aromatic rings. The van der Waals surface area contributed by atoms with Gasteiger partial charge in [-0.2, -0.15) is 13.2 Å². The molecule has 7 heteroatoms. The van der Waals surface area contributed by atoms with Crippen LogP contribution >= 0.6 is 11.6 Å². The molecule has 0 aliphatic heterocycles. The summed E-state index contributed by atoms with van der Waals surface area (Å²) in [7, 11) is 0. The number of hydrogen-bond donors (Lipinski definition) is 1. The van der Waals surface area contributed by atoms with Gasteiger partial charge in [-0.1, -0.05) is 24.9 Å². The lowest BCUT2D eigenvalue weighted by Crippen LogP contribution is -2.25. The van der Waals surface area contributed by atoms with Crippen molar-refractivity contribution in [3.8, 4) is 0 Å². The predicted octanol–water partition coefficient (Wildman–Crippen LogP) is 3.84. The van der Waals surface area contributed by atoms with Crippen molar-refractivity contribution in [3.05, 3.63) is 17.0 Å². The molecule has 1 rings (SSSR count). The summed E-state index contributed by atoms with van der Waals surface area (Å²) < 4.78 is 36.7. The maximum Gasteiger partial charge on any atom is 0.391 e. The standard InChI is InChI=1S/C11H15ClF3N3/c1-3-4-8-9(12)16-6-17-10(8)18-7(2)5-11(13,14)15/h6-7H,3-5H2,1-2H3,(H,16,17,18). The molecule has 1 aromatic heterocycles. The summed E-state index contributed by atoms with van der Waals surface area (Å²) in [5.41, 5.74) is 0.663. The van der Waals surface area contributed by atoms with Gasteiger partial charge in [0.25, 0.3) is 0 Å². The monoisotopic (exact) mass is 281 g/mol. The second-order valence-electron chi connectivity index (χ2n) is 4.11. The number of nitrogens with zero attached hydrogens (tertiary/aromatic N) is 2. The lowest BCUT2D eigenvalue weighted by atomic mass is 10.1. The van der Waals surface area contributed by atoms with Gasteiger partial charge in [0.1, 0.15) is 17.3 Å². The first-order chi connectivity index (χ1) is 8.33. The first-order valence-corrected chi connectivity index (χ1v) is 6.04. The molecule has 0 fully saturated rings. The van der Waals surface area contributed by atoms with E-state index in [1.807, 2.05) is 6.92 Å². The van der Waals surface area contributed by atoms with Crippen LogP contribution in [0.1, 0.15) is 32.3 Å². The zero-order valence-corrected chi connectivity index (χ0v) is 10.9. The maximum absolute atomic E-state index is 12.2. The van der Waals surface area contributed by atoms with Crippen molar-refractivity contribution in [1.82, 2.24) is 9.97 Å². The molecule has 1 unspecified atom stereocenters. The average molecular weight is 282 g/mol. The number of halogens is 4. The second-order valence-corrected chi connectivity index (χ2v) is 4.46. The van der Waals surface area contributed by atoms with Crippen LogP contribution in [0.3, 0.4) is 0 Å². The van der Waals surface area contributed by atoms with Crippen molar-refractivity contribution in [2.75, 3.05) is 5.32 Å². The van der Waals surface area contributed by atoms with E-state index in [-0.39, 0.29) is 5.15 Å².